The molecule has 0 radical (unpaired) electrons. The quantitative estimate of drug-likeness (QED) is 0.833. The standard InChI is InChI=1S/C16H25NO/c1-11-10-16(18-4)12(2)9-14(11)7-8-15(17-3)13-5-6-13/h9-10,13,15,17H,5-8H2,1-4H3. The molecule has 1 N–H and O–H groups in total. The van der Waals surface area contributed by atoms with Gasteiger partial charge in [-0.1, -0.05) is 6.07 Å². The van der Waals surface area contributed by atoms with Crippen molar-refractivity contribution in [2.75, 3.05) is 14.2 Å². The topological polar surface area (TPSA) is 21.3 Å². The summed E-state index contributed by atoms with van der Waals surface area (Å²) in [6.07, 6.45) is 5.23. The van der Waals surface area contributed by atoms with Gasteiger partial charge in [0.2, 0.25) is 0 Å². The minimum atomic E-state index is 0.701. The Kier molecular flexibility index (Phi) is 4.28. The molecule has 1 aromatic carbocycles. The third-order valence-electron chi connectivity index (χ3n) is 4.14. The highest BCUT2D eigenvalue weighted by Crippen LogP contribution is 2.34. The normalized spacial score (nSPS) is 16.7. The van der Waals surface area contributed by atoms with E-state index in [1.165, 1.54) is 42.4 Å². The summed E-state index contributed by atoms with van der Waals surface area (Å²) < 4.78 is 5.36. The van der Waals surface area contributed by atoms with E-state index in [1.54, 1.807) is 7.11 Å². The molecule has 0 saturated heterocycles. The zero-order valence-corrected chi connectivity index (χ0v) is 12.0. The highest BCUT2D eigenvalue weighted by atomic mass is 16.5. The zero-order valence-electron chi connectivity index (χ0n) is 12.0. The van der Waals surface area contributed by atoms with Gasteiger partial charge in [-0.15, -0.1) is 0 Å². The maximum absolute atomic E-state index is 5.36. The number of hydrogen-bond donors (Lipinski definition) is 1. The smallest absolute Gasteiger partial charge is 0.122 e. The van der Waals surface area contributed by atoms with Gasteiger partial charge in [-0.05, 0) is 75.3 Å². The molecule has 0 amide bonds. The summed E-state index contributed by atoms with van der Waals surface area (Å²) in [5.41, 5.74) is 4.06. The second-order valence-electron chi connectivity index (χ2n) is 5.52. The first-order valence-corrected chi connectivity index (χ1v) is 6.97. The van der Waals surface area contributed by atoms with Crippen LogP contribution in [-0.2, 0) is 6.42 Å². The van der Waals surface area contributed by atoms with Crippen LogP contribution < -0.4 is 10.1 Å². The Morgan fingerprint density at radius 3 is 2.56 bits per heavy atom. The van der Waals surface area contributed by atoms with Gasteiger partial charge in [-0.2, -0.15) is 0 Å². The van der Waals surface area contributed by atoms with Gasteiger partial charge in [0.05, 0.1) is 7.11 Å². The summed E-state index contributed by atoms with van der Waals surface area (Å²) >= 11 is 0. The molecule has 1 atom stereocenters. The Labute approximate surface area is 111 Å². The molecule has 2 rings (SSSR count). The van der Waals surface area contributed by atoms with E-state index >= 15 is 0 Å². The summed E-state index contributed by atoms with van der Waals surface area (Å²) in [7, 11) is 3.83. The fourth-order valence-corrected chi connectivity index (χ4v) is 2.76. The lowest BCUT2D eigenvalue weighted by Crippen LogP contribution is -2.27. The third-order valence-corrected chi connectivity index (χ3v) is 4.14. The van der Waals surface area contributed by atoms with Gasteiger partial charge in [-0.25, -0.2) is 0 Å². The summed E-state index contributed by atoms with van der Waals surface area (Å²) in [5, 5.41) is 3.47. The van der Waals surface area contributed by atoms with Crippen LogP contribution in [0.3, 0.4) is 0 Å². The summed E-state index contributed by atoms with van der Waals surface area (Å²) in [6, 6.07) is 5.15. The lowest BCUT2D eigenvalue weighted by molar-refractivity contribution is 0.411. The van der Waals surface area contributed by atoms with E-state index in [-0.39, 0.29) is 0 Å². The first kappa shape index (κ1) is 13.4. The molecule has 0 spiro atoms. The molecule has 1 aromatic rings. The van der Waals surface area contributed by atoms with Crippen molar-refractivity contribution in [1.82, 2.24) is 5.32 Å². The van der Waals surface area contributed by atoms with Gasteiger partial charge in [0, 0.05) is 6.04 Å². The Hall–Kier alpha value is -1.02. The average molecular weight is 247 g/mol. The second-order valence-corrected chi connectivity index (χ2v) is 5.52. The van der Waals surface area contributed by atoms with Gasteiger partial charge in [-0.3, -0.25) is 0 Å². The number of nitrogens with one attached hydrogen (secondary N) is 1. The van der Waals surface area contributed by atoms with Gasteiger partial charge in [0.25, 0.3) is 0 Å². The monoisotopic (exact) mass is 247 g/mol. The van der Waals surface area contributed by atoms with Crippen molar-refractivity contribution >= 4 is 0 Å². The first-order chi connectivity index (χ1) is 8.65. The molecular formula is C16H25NO. The van der Waals surface area contributed by atoms with Crippen LogP contribution in [-0.4, -0.2) is 20.2 Å². The Morgan fingerprint density at radius 1 is 1.28 bits per heavy atom. The van der Waals surface area contributed by atoms with Crippen LogP contribution in [0.15, 0.2) is 12.1 Å². The Bertz CT molecular complexity index is 410. The summed E-state index contributed by atoms with van der Waals surface area (Å²) in [6.45, 7) is 4.31. The van der Waals surface area contributed by atoms with Crippen LogP contribution in [0.5, 0.6) is 5.75 Å². The predicted molar refractivity (Wildman–Crippen MR) is 76.4 cm³/mol. The predicted octanol–water partition coefficient (Wildman–Crippen LogP) is 3.24. The van der Waals surface area contributed by atoms with Crippen LogP contribution in [0.4, 0.5) is 0 Å². The number of ether oxygens (including phenoxy) is 1. The van der Waals surface area contributed by atoms with Gasteiger partial charge < -0.3 is 10.1 Å². The maximum atomic E-state index is 5.36. The molecule has 0 aromatic heterocycles. The second kappa shape index (κ2) is 5.75. The minimum absolute atomic E-state index is 0.701. The van der Waals surface area contributed by atoms with Crippen LogP contribution in [0.25, 0.3) is 0 Å². The SMILES string of the molecule is CNC(CCc1cc(C)c(OC)cc1C)C1CC1. The molecule has 100 valence electrons. The Balaban J connectivity index is 2.02. The molecule has 1 aliphatic rings. The van der Waals surface area contributed by atoms with Crippen molar-refractivity contribution in [2.45, 2.75) is 45.6 Å². The van der Waals surface area contributed by atoms with Gasteiger partial charge >= 0.3 is 0 Å². The fourth-order valence-electron chi connectivity index (χ4n) is 2.76. The van der Waals surface area contributed by atoms with Crippen LogP contribution in [0, 0.1) is 19.8 Å². The van der Waals surface area contributed by atoms with E-state index in [0.717, 1.165) is 11.7 Å². The fraction of sp³-hybridized carbons (Fsp3) is 0.625. The molecule has 1 aliphatic carbocycles. The molecule has 18 heavy (non-hydrogen) atoms. The van der Waals surface area contributed by atoms with E-state index in [9.17, 15) is 0 Å². The molecule has 1 fully saturated rings. The summed E-state index contributed by atoms with van der Waals surface area (Å²) in [4.78, 5) is 0. The van der Waals surface area contributed by atoms with Gasteiger partial charge in [0.1, 0.15) is 5.75 Å². The molecule has 1 unspecified atom stereocenters. The van der Waals surface area contributed by atoms with Crippen molar-refractivity contribution < 1.29 is 4.74 Å². The minimum Gasteiger partial charge on any atom is -0.496 e. The van der Waals surface area contributed by atoms with Crippen molar-refractivity contribution in [3.63, 3.8) is 0 Å². The molecular weight excluding hydrogens is 222 g/mol. The highest BCUT2D eigenvalue weighted by molar-refractivity contribution is 5.41. The molecule has 1 saturated carbocycles. The number of rotatable bonds is 6. The molecule has 0 bridgehead atoms. The lowest BCUT2D eigenvalue weighted by Gasteiger charge is -2.17. The number of aryl methyl sites for hydroxylation is 3. The number of methoxy groups -OCH3 is 1. The lowest BCUT2D eigenvalue weighted by atomic mass is 9.97. The highest BCUT2D eigenvalue weighted by Gasteiger charge is 2.29. The van der Waals surface area contributed by atoms with Crippen molar-refractivity contribution in [3.05, 3.63) is 28.8 Å². The van der Waals surface area contributed by atoms with E-state index in [2.05, 4.69) is 38.3 Å². The molecule has 2 nitrogen and oxygen atoms in total. The van der Waals surface area contributed by atoms with Crippen LogP contribution >= 0.6 is 0 Å². The zero-order chi connectivity index (χ0) is 13.1. The van der Waals surface area contributed by atoms with E-state index < -0.39 is 0 Å². The van der Waals surface area contributed by atoms with Crippen LogP contribution in [0.1, 0.15) is 36.0 Å². The van der Waals surface area contributed by atoms with E-state index in [1.807, 2.05) is 0 Å². The van der Waals surface area contributed by atoms with E-state index in [0.29, 0.717) is 6.04 Å². The van der Waals surface area contributed by atoms with E-state index in [4.69, 9.17) is 4.74 Å². The largest absolute Gasteiger partial charge is 0.496 e. The molecule has 0 aliphatic heterocycles. The number of benzene rings is 1. The van der Waals surface area contributed by atoms with Crippen molar-refractivity contribution in [2.24, 2.45) is 5.92 Å². The first-order valence-electron chi connectivity index (χ1n) is 6.97. The van der Waals surface area contributed by atoms with Crippen LogP contribution in [0.2, 0.25) is 0 Å². The van der Waals surface area contributed by atoms with Crippen molar-refractivity contribution in [3.8, 4) is 5.75 Å². The summed E-state index contributed by atoms with van der Waals surface area (Å²) in [5.74, 6) is 1.93. The average Bonchev–Trinajstić information content (AvgIpc) is 3.18. The van der Waals surface area contributed by atoms with Gasteiger partial charge in [0.15, 0.2) is 0 Å². The molecule has 2 heteroatoms. The molecule has 0 heterocycles. The maximum Gasteiger partial charge on any atom is 0.122 e. The van der Waals surface area contributed by atoms with Crippen molar-refractivity contribution in [1.29, 1.82) is 0 Å². The number of hydrogen-bond acceptors (Lipinski definition) is 2. The third kappa shape index (κ3) is 3.05. The Morgan fingerprint density at radius 2 is 2.00 bits per heavy atom.